The van der Waals surface area contributed by atoms with E-state index in [1.54, 1.807) is 60.7 Å². The zero-order valence-corrected chi connectivity index (χ0v) is 16.7. The molecule has 7 heteroatoms. The Hall–Kier alpha value is -4.26. The van der Waals surface area contributed by atoms with Gasteiger partial charge in [-0.3, -0.25) is 24.1 Å². The van der Waals surface area contributed by atoms with Gasteiger partial charge < -0.3 is 9.47 Å². The van der Waals surface area contributed by atoms with E-state index in [4.69, 9.17) is 9.47 Å². The monoisotopic (exact) mass is 415 g/mol. The maximum atomic E-state index is 13.1. The number of nitrogens with zero attached hydrogens (tertiary/aromatic N) is 1. The van der Waals surface area contributed by atoms with Gasteiger partial charge in [0.1, 0.15) is 0 Å². The number of ether oxygens (including phenoxy) is 2. The van der Waals surface area contributed by atoms with Gasteiger partial charge in [0.25, 0.3) is 5.78 Å². The van der Waals surface area contributed by atoms with Gasteiger partial charge >= 0.3 is 17.8 Å². The summed E-state index contributed by atoms with van der Waals surface area (Å²) < 4.78 is 10.7. The summed E-state index contributed by atoms with van der Waals surface area (Å²) in [5.74, 6) is -2.98. The number of hydrogen-bond acceptors (Lipinski definition) is 6. The summed E-state index contributed by atoms with van der Waals surface area (Å²) in [5, 5.41) is 0. The van der Waals surface area contributed by atoms with Gasteiger partial charge in [-0.25, -0.2) is 0 Å². The van der Waals surface area contributed by atoms with Crippen molar-refractivity contribution in [2.24, 2.45) is 0 Å². The van der Waals surface area contributed by atoms with Crippen LogP contribution in [-0.4, -0.2) is 23.6 Å². The highest BCUT2D eigenvalue weighted by Gasteiger charge is 2.42. The molecule has 1 aliphatic heterocycles. The number of fused-ring (bicyclic) bond motifs is 1. The number of Topliss-reactive ketones (excluding diaryl/α,β-unsaturated/α-hetero) is 1. The fourth-order valence-electron chi connectivity index (χ4n) is 3.54. The van der Waals surface area contributed by atoms with Gasteiger partial charge in [0, 0.05) is 31.2 Å². The van der Waals surface area contributed by atoms with E-state index in [-0.39, 0.29) is 28.3 Å². The topological polar surface area (TPSA) is 90.0 Å². The second kappa shape index (κ2) is 7.87. The minimum Gasteiger partial charge on any atom is -0.423 e. The predicted molar refractivity (Wildman–Crippen MR) is 112 cm³/mol. The number of carbonyl (C=O) groups excluding carboxylic acids is 4. The van der Waals surface area contributed by atoms with Crippen molar-refractivity contribution >= 4 is 35.0 Å². The van der Waals surface area contributed by atoms with Crippen LogP contribution in [0.2, 0.25) is 0 Å². The molecule has 0 spiro atoms. The van der Waals surface area contributed by atoms with Crippen molar-refractivity contribution in [1.29, 1.82) is 0 Å². The van der Waals surface area contributed by atoms with Crippen molar-refractivity contribution in [3.8, 4) is 22.6 Å². The summed E-state index contributed by atoms with van der Waals surface area (Å²) in [6.07, 6.45) is 0. The Labute approximate surface area is 177 Å². The molecule has 0 N–H and O–H groups in total. The van der Waals surface area contributed by atoms with E-state index in [0.29, 0.717) is 11.3 Å². The van der Waals surface area contributed by atoms with Crippen LogP contribution in [0.3, 0.4) is 0 Å². The SMILES string of the molecule is CC(=O)Oc1cc2c(c(-c3ccccc3)c1OC(C)=O)C(=O)C(=O)N2c1ccccc1. The van der Waals surface area contributed by atoms with Crippen molar-refractivity contribution in [1.82, 2.24) is 0 Å². The summed E-state index contributed by atoms with van der Waals surface area (Å²) in [7, 11) is 0. The molecular formula is C24H17NO6. The first-order valence-corrected chi connectivity index (χ1v) is 9.45. The third-order valence-electron chi connectivity index (χ3n) is 4.67. The predicted octanol–water partition coefficient (Wildman–Crippen LogP) is 4.07. The average Bonchev–Trinajstić information content (AvgIpc) is 2.99. The second-order valence-electron chi connectivity index (χ2n) is 6.83. The first-order valence-electron chi connectivity index (χ1n) is 9.45. The summed E-state index contributed by atoms with van der Waals surface area (Å²) in [5.41, 5.74) is 1.54. The van der Waals surface area contributed by atoms with E-state index >= 15 is 0 Å². The number of para-hydroxylation sites is 1. The highest BCUT2D eigenvalue weighted by atomic mass is 16.6. The third kappa shape index (κ3) is 3.57. The summed E-state index contributed by atoms with van der Waals surface area (Å²) >= 11 is 0. The van der Waals surface area contributed by atoms with E-state index < -0.39 is 23.6 Å². The quantitative estimate of drug-likeness (QED) is 0.363. The zero-order chi connectivity index (χ0) is 22.1. The van der Waals surface area contributed by atoms with Gasteiger partial charge in [-0.2, -0.15) is 0 Å². The lowest BCUT2D eigenvalue weighted by atomic mass is 9.95. The van der Waals surface area contributed by atoms with Gasteiger partial charge in [-0.05, 0) is 17.7 Å². The smallest absolute Gasteiger partial charge is 0.308 e. The first kappa shape index (κ1) is 20.0. The maximum Gasteiger partial charge on any atom is 0.308 e. The van der Waals surface area contributed by atoms with E-state index in [2.05, 4.69) is 0 Å². The summed E-state index contributed by atoms with van der Waals surface area (Å²) in [6, 6.07) is 18.7. The van der Waals surface area contributed by atoms with Crippen LogP contribution in [0.25, 0.3) is 11.1 Å². The Morgan fingerprint density at radius 3 is 1.94 bits per heavy atom. The number of esters is 2. The number of amides is 1. The van der Waals surface area contributed by atoms with Crippen LogP contribution in [0.4, 0.5) is 11.4 Å². The first-order chi connectivity index (χ1) is 14.9. The molecule has 0 bridgehead atoms. The van der Waals surface area contributed by atoms with Crippen LogP contribution >= 0.6 is 0 Å². The third-order valence-corrected chi connectivity index (χ3v) is 4.67. The molecule has 3 aromatic rings. The van der Waals surface area contributed by atoms with Crippen LogP contribution in [0, 0.1) is 0 Å². The molecule has 1 aliphatic rings. The fourth-order valence-corrected chi connectivity index (χ4v) is 3.54. The van der Waals surface area contributed by atoms with Crippen LogP contribution in [0.1, 0.15) is 24.2 Å². The highest BCUT2D eigenvalue weighted by molar-refractivity contribution is 6.55. The second-order valence-corrected chi connectivity index (χ2v) is 6.83. The van der Waals surface area contributed by atoms with E-state index in [9.17, 15) is 19.2 Å². The van der Waals surface area contributed by atoms with Crippen molar-refractivity contribution in [2.45, 2.75) is 13.8 Å². The maximum absolute atomic E-state index is 13.1. The molecule has 1 heterocycles. The Bertz CT molecular complexity index is 1220. The average molecular weight is 415 g/mol. The van der Waals surface area contributed by atoms with Gasteiger partial charge in [0.05, 0.1) is 11.3 Å². The van der Waals surface area contributed by atoms with Gasteiger partial charge in [0.15, 0.2) is 11.5 Å². The molecule has 31 heavy (non-hydrogen) atoms. The van der Waals surface area contributed by atoms with E-state index in [1.165, 1.54) is 24.8 Å². The Morgan fingerprint density at radius 1 is 0.774 bits per heavy atom. The van der Waals surface area contributed by atoms with Crippen LogP contribution in [0.15, 0.2) is 66.7 Å². The normalized spacial score (nSPS) is 12.5. The molecule has 0 atom stereocenters. The molecular weight excluding hydrogens is 398 g/mol. The number of hydrogen-bond donors (Lipinski definition) is 0. The van der Waals surface area contributed by atoms with Crippen molar-refractivity contribution in [3.05, 3.63) is 72.3 Å². The molecule has 0 fully saturated rings. The van der Waals surface area contributed by atoms with Gasteiger partial charge in [-0.15, -0.1) is 0 Å². The van der Waals surface area contributed by atoms with E-state index in [0.717, 1.165) is 0 Å². The number of benzene rings is 3. The molecule has 7 nitrogen and oxygen atoms in total. The van der Waals surface area contributed by atoms with Crippen LogP contribution in [0.5, 0.6) is 11.5 Å². The van der Waals surface area contributed by atoms with Crippen molar-refractivity contribution in [3.63, 3.8) is 0 Å². The lowest BCUT2D eigenvalue weighted by Crippen LogP contribution is -2.24. The van der Waals surface area contributed by atoms with Crippen molar-refractivity contribution in [2.75, 3.05) is 4.90 Å². The molecule has 0 radical (unpaired) electrons. The van der Waals surface area contributed by atoms with E-state index in [1.807, 2.05) is 0 Å². The summed E-state index contributed by atoms with van der Waals surface area (Å²) in [6.45, 7) is 2.40. The minimum absolute atomic E-state index is 0.0660. The Balaban J connectivity index is 2.09. The summed E-state index contributed by atoms with van der Waals surface area (Å²) in [4.78, 5) is 50.9. The zero-order valence-electron chi connectivity index (χ0n) is 16.7. The molecule has 0 saturated heterocycles. The standard InChI is InChI=1S/C24H17NO6/c1-14(26)30-19-13-18-21(22(28)24(29)25(18)17-11-7-4-8-12-17)20(23(19)31-15(2)27)16-9-5-3-6-10-16/h3-13H,1-2H3. The van der Waals surface area contributed by atoms with Crippen LogP contribution < -0.4 is 14.4 Å². The largest absolute Gasteiger partial charge is 0.423 e. The molecule has 154 valence electrons. The van der Waals surface area contributed by atoms with Gasteiger partial charge in [0.2, 0.25) is 0 Å². The Morgan fingerprint density at radius 2 is 1.35 bits per heavy atom. The number of anilines is 2. The fraction of sp³-hybridized carbons (Fsp3) is 0.0833. The minimum atomic E-state index is -0.757. The van der Waals surface area contributed by atoms with Gasteiger partial charge in [-0.1, -0.05) is 48.5 Å². The lowest BCUT2D eigenvalue weighted by molar-refractivity contribution is -0.134. The van der Waals surface area contributed by atoms with Crippen LogP contribution in [-0.2, 0) is 14.4 Å². The molecule has 0 unspecified atom stereocenters. The number of carbonyl (C=O) groups is 4. The highest BCUT2D eigenvalue weighted by Crippen LogP contribution is 2.50. The molecule has 1 amide bonds. The molecule has 0 aliphatic carbocycles. The lowest BCUT2D eigenvalue weighted by Gasteiger charge is -2.20. The molecule has 3 aromatic carbocycles. The Kier molecular flexibility index (Phi) is 5.09. The molecule has 0 aromatic heterocycles. The molecule has 4 rings (SSSR count). The number of rotatable bonds is 4. The van der Waals surface area contributed by atoms with Crippen molar-refractivity contribution < 1.29 is 28.7 Å². The number of ketones is 1. The molecule has 0 saturated carbocycles.